The first-order chi connectivity index (χ1) is 61.9. The topological polar surface area (TPSA) is 285 Å². The SMILES string of the molecule is [C-]#[N+]CC(C)(C)Oc1ccc2cc([C@H](C)C(=O)O)ccc2c1.[C-]#[N+]CC(C)(C)Oc1ccc2cc([C@H](C)C(=O)O)ccc2c1.[C-]#[N+]CC(C)(C)Oc1ccc2cc([C@H](C)C(=O)O)ccc2c1.[C-]#[N+]CC(C)(C)Oc1ccc2cc([C@H](C)C(=O)O)ccc2c1.[C-]#[N+]CC(C)(C)Oc1ccc2cc([C@H](C)C(=O)O)ccc2c1.[C-]#[N+]CC(C)(C)Oc1ccc2cc([C@H](C)C(C)=O)ccc2c1.[Tc+6]. The molecule has 0 heterocycles. The zero-order chi connectivity index (χ0) is 98.0. The molecule has 685 valence electrons. The van der Waals surface area contributed by atoms with Crippen LogP contribution in [0.1, 0.15) is 200 Å². The number of benzene rings is 12. The van der Waals surface area contributed by atoms with Gasteiger partial charge in [0.15, 0.2) is 33.6 Å². The number of ketones is 1. The molecule has 0 aliphatic heterocycles. The van der Waals surface area contributed by atoms with E-state index >= 15 is 0 Å². The molecule has 23 nitrogen and oxygen atoms in total. The van der Waals surface area contributed by atoms with Crippen molar-refractivity contribution < 1.29 is 103 Å². The Balaban J connectivity index is 0.000000245. The van der Waals surface area contributed by atoms with Crippen LogP contribution in [0.3, 0.4) is 0 Å². The van der Waals surface area contributed by atoms with Gasteiger partial charge in [-0.05, 0) is 295 Å². The summed E-state index contributed by atoms with van der Waals surface area (Å²) < 4.78 is 35.2. The molecule has 24 heteroatoms. The van der Waals surface area contributed by atoms with Gasteiger partial charge in [0.1, 0.15) is 40.3 Å². The predicted octanol–water partition coefficient (Wildman–Crippen LogP) is 25.1. The summed E-state index contributed by atoms with van der Waals surface area (Å²) in [5, 5.41) is 57.4. The van der Waals surface area contributed by atoms with E-state index in [1.165, 1.54) is 0 Å². The minimum absolute atomic E-state index is 0. The summed E-state index contributed by atoms with van der Waals surface area (Å²) in [5.74, 6) is -2.43. The number of carboxylic acids is 5. The maximum absolute atomic E-state index is 11.5. The molecule has 0 amide bonds. The summed E-state index contributed by atoms with van der Waals surface area (Å²) in [6.07, 6.45) is 0. The molecule has 0 unspecified atom stereocenters. The first-order valence-electron chi connectivity index (χ1n) is 42.9. The van der Waals surface area contributed by atoms with Crippen LogP contribution in [-0.2, 0) is 48.9 Å². The van der Waals surface area contributed by atoms with Crippen LogP contribution < -0.4 is 28.4 Å². The van der Waals surface area contributed by atoms with Crippen LogP contribution in [0, 0.1) is 39.4 Å². The van der Waals surface area contributed by atoms with Crippen LogP contribution in [0.4, 0.5) is 0 Å². The Morgan fingerprint density at radius 3 is 0.474 bits per heavy atom. The number of aliphatic carboxylic acids is 5. The minimum atomic E-state index is -0.833. The van der Waals surface area contributed by atoms with E-state index in [2.05, 4.69) is 35.1 Å². The molecule has 0 spiro atoms. The van der Waals surface area contributed by atoms with Crippen molar-refractivity contribution in [3.63, 3.8) is 0 Å². The van der Waals surface area contributed by atoms with Gasteiger partial charge in [0.05, 0.1) is 29.6 Å². The molecule has 0 aliphatic rings. The Kier molecular flexibility index (Phi) is 38.3. The summed E-state index contributed by atoms with van der Waals surface area (Å²) in [5.41, 5.74) is 1.75. The summed E-state index contributed by atoms with van der Waals surface area (Å²) in [7, 11) is 0. The molecule has 0 saturated carbocycles. The van der Waals surface area contributed by atoms with Gasteiger partial charge in [0.25, 0.3) is 39.3 Å². The van der Waals surface area contributed by atoms with Gasteiger partial charge >= 0.3 is 50.0 Å². The summed E-state index contributed by atoms with van der Waals surface area (Å²) >= 11 is 0. The van der Waals surface area contributed by atoms with Crippen LogP contribution in [0.25, 0.3) is 93.7 Å². The average Bonchev–Trinajstić information content (AvgIpc) is 0.833. The van der Waals surface area contributed by atoms with E-state index in [0.717, 1.165) is 104 Å². The number of fused-ring (bicyclic) bond motifs is 6. The van der Waals surface area contributed by atoms with E-state index < -0.39 is 93.0 Å². The Hall–Kier alpha value is -14.4. The second-order valence-corrected chi connectivity index (χ2v) is 36.3. The van der Waals surface area contributed by atoms with Gasteiger partial charge in [0, 0.05) is 5.92 Å². The normalized spacial score (nSPS) is 12.5. The predicted molar refractivity (Wildman–Crippen MR) is 520 cm³/mol. The van der Waals surface area contributed by atoms with Gasteiger partial charge < -0.3 is 83.0 Å². The van der Waals surface area contributed by atoms with Gasteiger partial charge in [0.2, 0.25) is 0 Å². The Labute approximate surface area is 792 Å². The number of nitrogens with zero attached hydrogens (tertiary/aromatic N) is 6. The van der Waals surface area contributed by atoms with E-state index in [9.17, 15) is 28.8 Å². The summed E-state index contributed by atoms with van der Waals surface area (Å²) in [6.45, 7) is 78.1. The fourth-order valence-electron chi connectivity index (χ4n) is 13.6. The van der Waals surface area contributed by atoms with Crippen LogP contribution in [0.5, 0.6) is 34.5 Å². The molecule has 0 bridgehead atoms. The molecular weight excluding hydrogens is 1760 g/mol. The maximum Gasteiger partial charge on any atom is 6.00 e. The number of ether oxygens (including phenoxy) is 6. The molecular formula is C109H116N6O17Tc+6. The van der Waals surface area contributed by atoms with Crippen molar-refractivity contribution in [3.8, 4) is 34.5 Å². The minimum Gasteiger partial charge on any atom is -0.481 e. The third kappa shape index (κ3) is 32.6. The summed E-state index contributed by atoms with van der Waals surface area (Å²) in [6, 6.07) is 68.4. The molecule has 0 aromatic heterocycles. The van der Waals surface area contributed by atoms with E-state index in [-0.39, 0.29) is 31.8 Å². The van der Waals surface area contributed by atoms with E-state index in [0.29, 0.717) is 68.0 Å². The van der Waals surface area contributed by atoms with Gasteiger partial charge in [-0.2, -0.15) is 0 Å². The Morgan fingerprint density at radius 1 is 0.233 bits per heavy atom. The zero-order valence-electron chi connectivity index (χ0n) is 78.7. The van der Waals surface area contributed by atoms with Crippen LogP contribution in [0.15, 0.2) is 218 Å². The number of Topliss-reactive ketones (excluding diaryl/α,β-unsaturated/α-hetero) is 1. The summed E-state index contributed by atoms with van der Waals surface area (Å²) in [4.78, 5) is 87.1. The number of carboxylic acid groups (broad SMARTS) is 5. The van der Waals surface area contributed by atoms with Crippen molar-refractivity contribution in [1.82, 2.24) is 0 Å². The van der Waals surface area contributed by atoms with E-state index in [1.54, 1.807) is 41.5 Å². The van der Waals surface area contributed by atoms with Crippen molar-refractivity contribution in [2.75, 3.05) is 39.3 Å². The van der Waals surface area contributed by atoms with Gasteiger partial charge in [-0.25, -0.2) is 39.4 Å². The second kappa shape index (κ2) is 47.4. The first kappa shape index (κ1) is 107. The van der Waals surface area contributed by atoms with Crippen molar-refractivity contribution in [2.45, 2.75) is 201 Å². The number of carbonyl (C=O) groups is 6. The molecule has 5 N–H and O–H groups in total. The van der Waals surface area contributed by atoms with E-state index in [1.807, 2.05) is 302 Å². The number of carbonyl (C=O) groups excluding carboxylic acids is 1. The van der Waals surface area contributed by atoms with Crippen molar-refractivity contribution in [3.05, 3.63) is 320 Å². The average molecular weight is 1880 g/mol. The monoisotopic (exact) mass is 1880 g/mol. The molecule has 12 aromatic carbocycles. The fraction of sp³-hybridized carbons (Fsp3) is 0.339. The van der Waals surface area contributed by atoms with Gasteiger partial charge in [-0.15, -0.1) is 0 Å². The zero-order valence-corrected chi connectivity index (χ0v) is 80.5. The molecule has 6 atom stereocenters. The molecule has 0 aliphatic carbocycles. The quantitative estimate of drug-likeness (QED) is 0.0262. The number of hydrogen-bond acceptors (Lipinski definition) is 12. The standard InChI is InChI=1S/C19H21NO2.5C18H19NO3.Tc/c1-13(14(2)21)15-6-7-17-11-18(9-8-16(17)10-15)22-19(3,4)12-20-5;5*1-12(17(20)21)13-5-6-15-10-16(8-7-14(15)9-13)22-18(2,3)11-19-4;/h6-11,13H,12H2,1-4H3;5*5-10,12H,11H2,1-3H3,(H,20,21);/q;;;;;;+6/t13-;5*12-;/m100000./s1. The smallest absolute Gasteiger partial charge is 0.481 e. The van der Waals surface area contributed by atoms with Crippen molar-refractivity contribution in [2.24, 2.45) is 0 Å². The van der Waals surface area contributed by atoms with E-state index in [4.69, 9.17) is 93.4 Å². The Morgan fingerprint density at radius 2 is 0.353 bits per heavy atom. The van der Waals surface area contributed by atoms with Crippen molar-refractivity contribution >= 4 is 100 Å². The second-order valence-electron chi connectivity index (χ2n) is 36.3. The largest absolute Gasteiger partial charge is 6.00 e. The van der Waals surface area contributed by atoms with Gasteiger partial charge in [-0.3, -0.25) is 28.8 Å². The number of hydrogen-bond donors (Lipinski definition) is 5. The first-order valence-corrected chi connectivity index (χ1v) is 42.9. The van der Waals surface area contributed by atoms with Crippen molar-refractivity contribution in [1.29, 1.82) is 0 Å². The molecule has 0 saturated heterocycles. The van der Waals surface area contributed by atoms with Crippen LogP contribution in [-0.4, -0.2) is 134 Å². The fourth-order valence-corrected chi connectivity index (χ4v) is 13.6. The molecule has 12 rings (SSSR count). The third-order valence-corrected chi connectivity index (χ3v) is 21.6. The molecule has 133 heavy (non-hydrogen) atoms. The van der Waals surface area contributed by atoms with Gasteiger partial charge in [-0.1, -0.05) is 153 Å². The number of rotatable bonds is 30. The molecule has 12 aromatic rings. The Bertz CT molecular complexity index is 5470. The maximum atomic E-state index is 11.5. The third-order valence-electron chi connectivity index (χ3n) is 21.6. The van der Waals surface area contributed by atoms with Crippen LogP contribution >= 0.6 is 0 Å². The van der Waals surface area contributed by atoms with Crippen LogP contribution in [0.2, 0.25) is 0 Å². The molecule has 1 radical (unpaired) electrons. The molecule has 0 fully saturated rings.